The lowest BCUT2D eigenvalue weighted by molar-refractivity contribution is -0.384. The van der Waals surface area contributed by atoms with Crippen LogP contribution in [-0.2, 0) is 16.0 Å². The molecule has 0 atom stereocenters. The minimum Gasteiger partial charge on any atom is -0.481 e. The number of aliphatic carboxylic acids is 1. The van der Waals surface area contributed by atoms with Gasteiger partial charge in [0.1, 0.15) is 0 Å². The van der Waals surface area contributed by atoms with Crippen LogP contribution >= 0.6 is 11.6 Å². The van der Waals surface area contributed by atoms with Crippen molar-refractivity contribution >= 4 is 29.2 Å². The van der Waals surface area contributed by atoms with Crippen LogP contribution in [0.1, 0.15) is 19.4 Å². The molecule has 2 N–H and O–H groups in total. The lowest BCUT2D eigenvalue weighted by Crippen LogP contribution is -2.39. The summed E-state index contributed by atoms with van der Waals surface area (Å²) in [7, 11) is 0. The molecule has 1 amide bonds. The van der Waals surface area contributed by atoms with Gasteiger partial charge in [-0.3, -0.25) is 19.7 Å². The van der Waals surface area contributed by atoms with Crippen LogP contribution in [0.25, 0.3) is 0 Å². The van der Waals surface area contributed by atoms with Gasteiger partial charge in [-0.15, -0.1) is 0 Å². The maximum atomic E-state index is 11.8. The highest BCUT2D eigenvalue weighted by molar-refractivity contribution is 6.31. The number of carbonyl (C=O) groups is 2. The smallest absolute Gasteiger partial charge is 0.310 e. The molecular weight excluding hydrogens is 300 g/mol. The van der Waals surface area contributed by atoms with E-state index in [4.69, 9.17) is 16.7 Å². The van der Waals surface area contributed by atoms with E-state index in [0.717, 1.165) is 0 Å². The van der Waals surface area contributed by atoms with Crippen LogP contribution < -0.4 is 5.32 Å². The van der Waals surface area contributed by atoms with E-state index in [1.807, 2.05) is 0 Å². The number of halogens is 1. The van der Waals surface area contributed by atoms with Gasteiger partial charge in [0.25, 0.3) is 5.69 Å². The molecule has 0 radical (unpaired) electrons. The zero-order valence-corrected chi connectivity index (χ0v) is 12.3. The van der Waals surface area contributed by atoms with Crippen molar-refractivity contribution in [2.24, 2.45) is 5.41 Å². The number of benzene rings is 1. The lowest BCUT2D eigenvalue weighted by Gasteiger charge is -2.19. The molecule has 0 fully saturated rings. The summed E-state index contributed by atoms with van der Waals surface area (Å²) in [6.45, 7) is 2.97. The van der Waals surface area contributed by atoms with Crippen LogP contribution in [0.15, 0.2) is 18.2 Å². The molecule has 7 nitrogen and oxygen atoms in total. The second kappa shape index (κ2) is 6.53. The van der Waals surface area contributed by atoms with Crippen LogP contribution in [0.3, 0.4) is 0 Å². The van der Waals surface area contributed by atoms with Crippen molar-refractivity contribution in [3.63, 3.8) is 0 Å². The quantitative estimate of drug-likeness (QED) is 0.616. The van der Waals surface area contributed by atoms with Crippen molar-refractivity contribution in [1.82, 2.24) is 5.32 Å². The molecule has 0 bridgehead atoms. The summed E-state index contributed by atoms with van der Waals surface area (Å²) in [6.07, 6.45) is -0.0769. The maximum Gasteiger partial charge on any atom is 0.310 e. The van der Waals surface area contributed by atoms with Crippen molar-refractivity contribution in [3.05, 3.63) is 38.9 Å². The number of amides is 1. The molecule has 0 spiro atoms. The number of hydrogen-bond acceptors (Lipinski definition) is 4. The number of hydrogen-bond donors (Lipinski definition) is 2. The van der Waals surface area contributed by atoms with Gasteiger partial charge in [-0.1, -0.05) is 17.7 Å². The third kappa shape index (κ3) is 4.71. The van der Waals surface area contributed by atoms with Crippen LogP contribution in [0, 0.1) is 15.5 Å². The van der Waals surface area contributed by atoms with Crippen LogP contribution in [0.4, 0.5) is 5.69 Å². The summed E-state index contributed by atoms with van der Waals surface area (Å²) < 4.78 is 0. The summed E-state index contributed by atoms with van der Waals surface area (Å²) in [5.74, 6) is -1.42. The molecule has 0 saturated carbocycles. The Morgan fingerprint density at radius 3 is 2.52 bits per heavy atom. The van der Waals surface area contributed by atoms with E-state index in [-0.39, 0.29) is 23.7 Å². The summed E-state index contributed by atoms with van der Waals surface area (Å²) in [5, 5.41) is 22.1. The third-order valence-corrected chi connectivity index (χ3v) is 3.26. The van der Waals surface area contributed by atoms with Gasteiger partial charge in [0, 0.05) is 18.7 Å². The molecular formula is C13H15ClN2O5. The molecule has 0 saturated heterocycles. The summed E-state index contributed by atoms with van der Waals surface area (Å²) in [5.41, 5.74) is -0.793. The highest BCUT2D eigenvalue weighted by Gasteiger charge is 2.27. The molecule has 0 aliphatic carbocycles. The zero-order valence-electron chi connectivity index (χ0n) is 11.6. The van der Waals surface area contributed by atoms with E-state index in [0.29, 0.717) is 5.56 Å². The molecule has 1 aromatic rings. The van der Waals surface area contributed by atoms with Crippen LogP contribution in [0.5, 0.6) is 0 Å². The van der Waals surface area contributed by atoms with Crippen molar-refractivity contribution in [1.29, 1.82) is 0 Å². The van der Waals surface area contributed by atoms with Gasteiger partial charge in [0.2, 0.25) is 5.91 Å². The number of carboxylic acid groups (broad SMARTS) is 1. The predicted molar refractivity (Wildman–Crippen MR) is 76.2 cm³/mol. The summed E-state index contributed by atoms with van der Waals surface area (Å²) in [4.78, 5) is 32.7. The first-order chi connectivity index (χ1) is 9.63. The van der Waals surface area contributed by atoms with E-state index in [9.17, 15) is 19.7 Å². The second-order valence-corrected chi connectivity index (χ2v) is 5.58. The molecule has 1 rings (SSSR count). The maximum absolute atomic E-state index is 11.8. The van der Waals surface area contributed by atoms with Gasteiger partial charge < -0.3 is 10.4 Å². The van der Waals surface area contributed by atoms with Gasteiger partial charge in [-0.05, 0) is 19.4 Å². The number of rotatable bonds is 6. The van der Waals surface area contributed by atoms with Gasteiger partial charge in [-0.2, -0.15) is 0 Å². The fraction of sp³-hybridized carbons (Fsp3) is 0.385. The normalized spacial score (nSPS) is 11.0. The second-order valence-electron chi connectivity index (χ2n) is 5.18. The highest BCUT2D eigenvalue weighted by atomic mass is 35.5. The Bertz CT molecular complexity index is 586. The first-order valence-corrected chi connectivity index (χ1v) is 6.44. The third-order valence-electron chi connectivity index (χ3n) is 2.90. The number of nitro groups is 1. The number of nitrogens with one attached hydrogen (secondary N) is 1. The molecule has 8 heteroatoms. The molecule has 0 heterocycles. The Kier molecular flexibility index (Phi) is 5.26. The minimum absolute atomic E-state index is 0.0221. The largest absolute Gasteiger partial charge is 0.481 e. The number of carbonyl (C=O) groups excluding carboxylic acids is 1. The van der Waals surface area contributed by atoms with Crippen LogP contribution in [-0.4, -0.2) is 28.5 Å². The molecule has 0 unspecified atom stereocenters. The number of non-ortho nitro benzene ring substituents is 1. The summed E-state index contributed by atoms with van der Waals surface area (Å²) in [6, 6.07) is 3.84. The van der Waals surface area contributed by atoms with Crippen LogP contribution in [0.2, 0.25) is 5.02 Å². The fourth-order valence-corrected chi connectivity index (χ4v) is 1.67. The molecule has 0 aliphatic rings. The molecule has 0 aromatic heterocycles. The fourth-order valence-electron chi connectivity index (χ4n) is 1.42. The van der Waals surface area contributed by atoms with Crippen molar-refractivity contribution in [2.75, 3.05) is 6.54 Å². The predicted octanol–water partition coefficient (Wildman–Crippen LogP) is 2.02. The molecule has 21 heavy (non-hydrogen) atoms. The number of nitrogens with zero attached hydrogens (tertiary/aromatic N) is 1. The molecule has 0 aliphatic heterocycles. The van der Waals surface area contributed by atoms with Gasteiger partial charge in [0.05, 0.1) is 21.8 Å². The average molecular weight is 315 g/mol. The topological polar surface area (TPSA) is 110 Å². The Labute approximate surface area is 126 Å². The number of carboxylic acids is 1. The summed E-state index contributed by atoms with van der Waals surface area (Å²) >= 11 is 5.88. The lowest BCUT2D eigenvalue weighted by atomic mass is 9.94. The monoisotopic (exact) mass is 314 g/mol. The first kappa shape index (κ1) is 16.9. The Balaban J connectivity index is 2.68. The van der Waals surface area contributed by atoms with Gasteiger partial charge in [-0.25, -0.2) is 0 Å². The van der Waals surface area contributed by atoms with E-state index in [1.54, 1.807) is 0 Å². The highest BCUT2D eigenvalue weighted by Crippen LogP contribution is 2.23. The van der Waals surface area contributed by atoms with Gasteiger partial charge >= 0.3 is 5.97 Å². The van der Waals surface area contributed by atoms with Crippen molar-refractivity contribution in [2.45, 2.75) is 20.3 Å². The van der Waals surface area contributed by atoms with E-state index in [1.165, 1.54) is 32.0 Å². The van der Waals surface area contributed by atoms with E-state index in [2.05, 4.69) is 5.32 Å². The standard InChI is InChI=1S/C13H15ClN2O5/c1-13(2,12(18)19)7-15-11(17)5-8-3-4-9(16(20)21)6-10(8)14/h3-4,6H,5,7H2,1-2H3,(H,15,17)(H,18,19). The average Bonchev–Trinajstić information content (AvgIpc) is 2.38. The molecule has 1 aromatic carbocycles. The number of nitro benzene ring substituents is 1. The first-order valence-electron chi connectivity index (χ1n) is 6.06. The van der Waals surface area contributed by atoms with Crippen molar-refractivity contribution < 1.29 is 19.6 Å². The Morgan fingerprint density at radius 2 is 2.05 bits per heavy atom. The Hall–Kier alpha value is -2.15. The van der Waals surface area contributed by atoms with Gasteiger partial charge in [0.15, 0.2) is 0 Å². The Morgan fingerprint density at radius 1 is 1.43 bits per heavy atom. The minimum atomic E-state index is -1.07. The van der Waals surface area contributed by atoms with E-state index >= 15 is 0 Å². The van der Waals surface area contributed by atoms with Crippen molar-refractivity contribution in [3.8, 4) is 0 Å². The van der Waals surface area contributed by atoms with E-state index < -0.39 is 22.2 Å². The SMILES string of the molecule is CC(C)(CNC(=O)Cc1ccc([N+](=O)[O-])cc1Cl)C(=O)O. The molecule has 114 valence electrons. The zero-order chi connectivity index (χ0) is 16.2.